The van der Waals surface area contributed by atoms with Gasteiger partial charge in [-0.15, -0.1) is 10.2 Å². The normalized spacial score (nSPS) is 13.8. The van der Waals surface area contributed by atoms with E-state index in [1.54, 1.807) is 0 Å². The van der Waals surface area contributed by atoms with Crippen LogP contribution in [0.1, 0.15) is 42.2 Å². The van der Waals surface area contributed by atoms with E-state index < -0.39 is 0 Å². The molecule has 152 valence electrons. The molecule has 0 bridgehead atoms. The molecule has 6 nitrogen and oxygen atoms in total. The minimum atomic E-state index is -0.0565. The maximum absolute atomic E-state index is 12.9. The lowest BCUT2D eigenvalue weighted by Crippen LogP contribution is -2.15. The summed E-state index contributed by atoms with van der Waals surface area (Å²) in [6.45, 7) is 2.64. The van der Waals surface area contributed by atoms with E-state index in [0.29, 0.717) is 35.8 Å². The van der Waals surface area contributed by atoms with Crippen LogP contribution in [0.15, 0.2) is 47.3 Å². The molecule has 0 saturated heterocycles. The number of anilines is 1. The zero-order valence-electron chi connectivity index (χ0n) is 16.7. The van der Waals surface area contributed by atoms with E-state index in [2.05, 4.69) is 20.1 Å². The van der Waals surface area contributed by atoms with Gasteiger partial charge in [0.05, 0.1) is 11.0 Å². The highest BCUT2D eigenvalue weighted by molar-refractivity contribution is 7.15. The minimum absolute atomic E-state index is 0.0565. The van der Waals surface area contributed by atoms with Gasteiger partial charge >= 0.3 is 0 Å². The molecule has 2 heterocycles. The van der Waals surface area contributed by atoms with Crippen molar-refractivity contribution in [2.45, 2.75) is 45.1 Å². The number of aryl methyl sites for hydroxylation is 2. The van der Waals surface area contributed by atoms with Gasteiger partial charge in [0.2, 0.25) is 11.0 Å². The molecule has 0 radical (unpaired) electrons. The predicted molar refractivity (Wildman–Crippen MR) is 120 cm³/mol. The number of carbonyl (C=O) groups excluding carboxylic acids is 1. The van der Waals surface area contributed by atoms with E-state index in [-0.39, 0.29) is 11.3 Å². The Kier molecular flexibility index (Phi) is 4.83. The third-order valence-corrected chi connectivity index (χ3v) is 6.53. The van der Waals surface area contributed by atoms with E-state index in [4.69, 9.17) is 0 Å². The first-order valence-corrected chi connectivity index (χ1v) is 11.1. The molecule has 1 N–H and O–H groups in total. The lowest BCUT2D eigenvalue weighted by atomic mass is 10.1. The van der Waals surface area contributed by atoms with E-state index in [0.717, 1.165) is 27.0 Å². The number of hydrogen-bond donors (Lipinski definition) is 1. The van der Waals surface area contributed by atoms with Gasteiger partial charge in [-0.25, -0.2) is 0 Å². The van der Waals surface area contributed by atoms with Crippen LogP contribution in [0, 0.1) is 6.92 Å². The molecule has 4 aromatic rings. The van der Waals surface area contributed by atoms with Gasteiger partial charge in [0.25, 0.3) is 0 Å². The van der Waals surface area contributed by atoms with E-state index in [1.807, 2.05) is 49.4 Å². The topological polar surface area (TPSA) is 76.9 Å². The molecule has 0 spiro atoms. The molecule has 0 aliphatic heterocycles. The van der Waals surface area contributed by atoms with Gasteiger partial charge in [0.15, 0.2) is 5.43 Å². The molecule has 30 heavy (non-hydrogen) atoms. The van der Waals surface area contributed by atoms with Crippen molar-refractivity contribution in [3.8, 4) is 0 Å². The summed E-state index contributed by atoms with van der Waals surface area (Å²) in [4.78, 5) is 25.3. The quantitative estimate of drug-likeness (QED) is 0.464. The molecule has 1 aliphatic carbocycles. The standard InChI is InChI=1S/C23H22N4O2S/c1-14-8-11-19-17(13-14)21(29)16-5-2-3-6-18(16)27(19)12-4-7-20(28)24-23-26-25-22(30-23)15-9-10-15/h2-3,5-6,8,11,13,15H,4,7,9-10,12H2,1H3,(H,24,26,28). The fourth-order valence-electron chi connectivity index (χ4n) is 3.84. The summed E-state index contributed by atoms with van der Waals surface area (Å²) in [5, 5.41) is 14.1. The van der Waals surface area contributed by atoms with Crippen LogP contribution in [0.4, 0.5) is 5.13 Å². The fraction of sp³-hybridized carbons (Fsp3) is 0.304. The number of carbonyl (C=O) groups is 1. The lowest BCUT2D eigenvalue weighted by Gasteiger charge is -2.15. The lowest BCUT2D eigenvalue weighted by molar-refractivity contribution is -0.116. The number of pyridine rings is 1. The van der Waals surface area contributed by atoms with Crippen LogP contribution in [-0.4, -0.2) is 20.7 Å². The largest absolute Gasteiger partial charge is 0.340 e. The zero-order chi connectivity index (χ0) is 20.7. The molecule has 1 amide bonds. The van der Waals surface area contributed by atoms with Gasteiger partial charge in [-0.2, -0.15) is 0 Å². The number of nitrogens with zero attached hydrogens (tertiary/aromatic N) is 3. The average Bonchev–Trinajstić information content (AvgIpc) is 3.50. The average molecular weight is 419 g/mol. The maximum Gasteiger partial charge on any atom is 0.226 e. The van der Waals surface area contributed by atoms with Crippen LogP contribution in [0.25, 0.3) is 21.8 Å². The van der Waals surface area contributed by atoms with E-state index in [9.17, 15) is 9.59 Å². The number of hydrogen-bond acceptors (Lipinski definition) is 5. The summed E-state index contributed by atoms with van der Waals surface area (Å²) in [7, 11) is 0. The summed E-state index contributed by atoms with van der Waals surface area (Å²) in [5.41, 5.74) is 2.92. The van der Waals surface area contributed by atoms with E-state index in [1.165, 1.54) is 24.2 Å². The second-order valence-corrected chi connectivity index (χ2v) is 8.90. The molecule has 0 atom stereocenters. The third-order valence-electron chi connectivity index (χ3n) is 5.53. The summed E-state index contributed by atoms with van der Waals surface area (Å²) < 4.78 is 2.15. The first kappa shape index (κ1) is 18.9. The molecular formula is C23H22N4O2S. The van der Waals surface area contributed by atoms with Crippen LogP contribution in [0.2, 0.25) is 0 Å². The van der Waals surface area contributed by atoms with Crippen molar-refractivity contribution in [2.75, 3.05) is 5.32 Å². The third kappa shape index (κ3) is 3.61. The number of benzene rings is 2. The van der Waals surface area contributed by atoms with Gasteiger partial charge in [-0.3, -0.25) is 9.59 Å². The van der Waals surface area contributed by atoms with E-state index >= 15 is 0 Å². The number of aromatic nitrogens is 3. The highest BCUT2D eigenvalue weighted by Crippen LogP contribution is 2.42. The molecule has 2 aromatic carbocycles. The summed E-state index contributed by atoms with van der Waals surface area (Å²) in [5.74, 6) is 0.484. The summed E-state index contributed by atoms with van der Waals surface area (Å²) in [6, 6.07) is 13.6. The Balaban J connectivity index is 1.35. The number of amides is 1. The first-order valence-electron chi connectivity index (χ1n) is 10.3. The minimum Gasteiger partial charge on any atom is -0.340 e. The van der Waals surface area contributed by atoms with Crippen molar-refractivity contribution in [1.82, 2.24) is 14.8 Å². The van der Waals surface area contributed by atoms with Gasteiger partial charge in [0, 0.05) is 29.7 Å². The summed E-state index contributed by atoms with van der Waals surface area (Å²) >= 11 is 1.47. The number of rotatable bonds is 6. The number of fused-ring (bicyclic) bond motifs is 2. The van der Waals surface area contributed by atoms with Gasteiger partial charge in [-0.1, -0.05) is 35.1 Å². The predicted octanol–water partition coefficient (Wildman–Crippen LogP) is 4.61. The fourth-order valence-corrected chi connectivity index (χ4v) is 4.77. The van der Waals surface area contributed by atoms with Crippen LogP contribution in [-0.2, 0) is 11.3 Å². The Hall–Kier alpha value is -3.06. The smallest absolute Gasteiger partial charge is 0.226 e. The Bertz CT molecular complexity index is 1320. The highest BCUT2D eigenvalue weighted by atomic mass is 32.1. The van der Waals surface area contributed by atoms with Crippen molar-refractivity contribution in [1.29, 1.82) is 0 Å². The number of para-hydroxylation sites is 1. The Morgan fingerprint density at radius 2 is 1.93 bits per heavy atom. The van der Waals surface area contributed by atoms with Crippen LogP contribution in [0.5, 0.6) is 0 Å². The number of nitrogens with one attached hydrogen (secondary N) is 1. The maximum atomic E-state index is 12.9. The molecule has 1 saturated carbocycles. The van der Waals surface area contributed by atoms with Crippen LogP contribution >= 0.6 is 11.3 Å². The Morgan fingerprint density at radius 1 is 1.13 bits per heavy atom. The second kappa shape index (κ2) is 7.65. The van der Waals surface area contributed by atoms with Crippen LogP contribution < -0.4 is 10.7 Å². The molecule has 1 aliphatic rings. The monoisotopic (exact) mass is 418 g/mol. The van der Waals surface area contributed by atoms with Gasteiger partial charge in [-0.05, 0) is 50.5 Å². The van der Waals surface area contributed by atoms with Crippen molar-refractivity contribution in [3.05, 3.63) is 63.3 Å². The Labute approximate surface area is 177 Å². The summed E-state index contributed by atoms with van der Waals surface area (Å²) in [6.07, 6.45) is 3.38. The molecule has 2 aromatic heterocycles. The first-order chi connectivity index (χ1) is 14.6. The molecule has 7 heteroatoms. The van der Waals surface area contributed by atoms with Gasteiger partial charge in [0.1, 0.15) is 5.01 Å². The van der Waals surface area contributed by atoms with Crippen molar-refractivity contribution < 1.29 is 4.79 Å². The van der Waals surface area contributed by atoms with Crippen molar-refractivity contribution >= 4 is 44.2 Å². The highest BCUT2D eigenvalue weighted by Gasteiger charge is 2.27. The molecule has 0 unspecified atom stereocenters. The van der Waals surface area contributed by atoms with Crippen LogP contribution in [0.3, 0.4) is 0 Å². The SMILES string of the molecule is Cc1ccc2c(c1)c(=O)c1ccccc1n2CCCC(=O)Nc1nnc(C2CC2)s1. The van der Waals surface area contributed by atoms with Crippen molar-refractivity contribution in [2.24, 2.45) is 0 Å². The van der Waals surface area contributed by atoms with Gasteiger partial charge < -0.3 is 9.88 Å². The zero-order valence-corrected chi connectivity index (χ0v) is 17.5. The Morgan fingerprint density at radius 3 is 2.77 bits per heavy atom. The molecule has 1 fully saturated rings. The molecular weight excluding hydrogens is 396 g/mol. The molecule has 5 rings (SSSR count). The van der Waals surface area contributed by atoms with Crippen molar-refractivity contribution in [3.63, 3.8) is 0 Å². The second-order valence-electron chi connectivity index (χ2n) is 7.89.